The minimum Gasteiger partial charge on any atom is -0.139 e. The lowest BCUT2D eigenvalue weighted by molar-refractivity contribution is 0.328. The van der Waals surface area contributed by atoms with Crippen LogP contribution in [0.15, 0.2) is 12.1 Å². The Bertz CT molecular complexity index is 793. The average Bonchev–Trinajstić information content (AvgIpc) is 3.35. The van der Waals surface area contributed by atoms with E-state index in [4.69, 9.17) is 0 Å². The van der Waals surface area contributed by atoms with Gasteiger partial charge in [-0.15, -0.1) is 22.7 Å². The van der Waals surface area contributed by atoms with Crippen molar-refractivity contribution >= 4 is 22.7 Å². The maximum absolute atomic E-state index is 2.56. The van der Waals surface area contributed by atoms with Crippen LogP contribution in [0.2, 0.25) is 0 Å². The van der Waals surface area contributed by atoms with Crippen molar-refractivity contribution in [2.24, 2.45) is 23.7 Å². The van der Waals surface area contributed by atoms with Crippen molar-refractivity contribution in [3.05, 3.63) is 33.0 Å². The third-order valence-electron chi connectivity index (χ3n) is 8.03. The second kappa shape index (κ2) is 11.9. The molecule has 2 atom stereocenters. The number of hydrogen-bond donors (Lipinski definition) is 0. The highest BCUT2D eigenvalue weighted by atomic mass is 32.1. The first-order valence-electron chi connectivity index (χ1n) is 13.8. The number of thiophene rings is 2. The van der Waals surface area contributed by atoms with Crippen LogP contribution in [0.4, 0.5) is 0 Å². The molecule has 0 saturated carbocycles. The van der Waals surface area contributed by atoms with Crippen molar-refractivity contribution in [2.75, 3.05) is 0 Å². The van der Waals surface area contributed by atoms with Crippen LogP contribution in [-0.4, -0.2) is 0 Å². The maximum Gasteiger partial charge on any atom is 0.0489 e. The Morgan fingerprint density at radius 1 is 0.606 bits per heavy atom. The van der Waals surface area contributed by atoms with Gasteiger partial charge in [0.25, 0.3) is 0 Å². The van der Waals surface area contributed by atoms with Gasteiger partial charge in [-0.1, -0.05) is 80.1 Å². The maximum atomic E-state index is 2.56. The molecule has 0 aromatic carbocycles. The number of fused-ring (bicyclic) bond motifs is 3. The third-order valence-corrected chi connectivity index (χ3v) is 10.3. The van der Waals surface area contributed by atoms with E-state index in [1.54, 1.807) is 20.9 Å². The second-order valence-electron chi connectivity index (χ2n) is 12.2. The Labute approximate surface area is 213 Å². The van der Waals surface area contributed by atoms with Crippen LogP contribution < -0.4 is 0 Å². The Morgan fingerprint density at radius 2 is 1.00 bits per heavy atom. The molecule has 2 aromatic rings. The quantitative estimate of drug-likeness (QED) is 0.249. The summed E-state index contributed by atoms with van der Waals surface area (Å²) in [6.45, 7) is 19.1. The standard InChI is InChI=1S/C31H50S2/c1-21(2)11-9-13-23(5)15-17-31(18-16-24(6)14-10-12-22(3)4)27-19-25(7)32-29(27)30-28(31)20-26(8)33-30/h19-24H,9-18H2,1-8H3. The summed E-state index contributed by atoms with van der Waals surface area (Å²) in [5, 5.41) is 0. The molecule has 0 fully saturated rings. The zero-order chi connectivity index (χ0) is 24.2. The first kappa shape index (κ1) is 27.0. The van der Waals surface area contributed by atoms with Gasteiger partial charge in [0.05, 0.1) is 0 Å². The molecule has 2 heterocycles. The molecule has 1 aliphatic rings. The summed E-state index contributed by atoms with van der Waals surface area (Å²) in [5.41, 5.74) is 3.64. The number of aryl methyl sites for hydroxylation is 2. The predicted molar refractivity (Wildman–Crippen MR) is 152 cm³/mol. The van der Waals surface area contributed by atoms with Crippen molar-refractivity contribution in [1.82, 2.24) is 0 Å². The monoisotopic (exact) mass is 486 g/mol. The molecular formula is C31H50S2. The molecule has 0 N–H and O–H groups in total. The first-order valence-corrected chi connectivity index (χ1v) is 15.5. The van der Waals surface area contributed by atoms with Gasteiger partial charge in [0.1, 0.15) is 0 Å². The van der Waals surface area contributed by atoms with E-state index in [-0.39, 0.29) is 5.41 Å². The molecule has 1 aliphatic carbocycles. The molecule has 33 heavy (non-hydrogen) atoms. The van der Waals surface area contributed by atoms with E-state index in [1.807, 2.05) is 22.7 Å². The number of rotatable bonds is 14. The Kier molecular flexibility index (Phi) is 9.73. The van der Waals surface area contributed by atoms with Crippen LogP contribution in [-0.2, 0) is 5.41 Å². The lowest BCUT2D eigenvalue weighted by atomic mass is 9.69. The van der Waals surface area contributed by atoms with E-state index in [0.717, 1.165) is 23.7 Å². The fourth-order valence-corrected chi connectivity index (χ4v) is 8.29. The topological polar surface area (TPSA) is 0 Å². The molecule has 0 aliphatic heterocycles. The van der Waals surface area contributed by atoms with E-state index in [9.17, 15) is 0 Å². The molecule has 3 rings (SSSR count). The van der Waals surface area contributed by atoms with Gasteiger partial charge in [0.2, 0.25) is 0 Å². The Hall–Kier alpha value is -0.600. The smallest absolute Gasteiger partial charge is 0.0489 e. The van der Waals surface area contributed by atoms with Gasteiger partial charge in [0.15, 0.2) is 0 Å². The van der Waals surface area contributed by atoms with Crippen molar-refractivity contribution in [1.29, 1.82) is 0 Å². The van der Waals surface area contributed by atoms with Crippen LogP contribution in [0.25, 0.3) is 9.75 Å². The second-order valence-corrected chi connectivity index (χ2v) is 14.7. The minimum atomic E-state index is 0.263. The lowest BCUT2D eigenvalue weighted by Crippen LogP contribution is -2.26. The van der Waals surface area contributed by atoms with Gasteiger partial charge in [0, 0.05) is 24.9 Å². The van der Waals surface area contributed by atoms with Crippen molar-refractivity contribution in [3.8, 4) is 9.75 Å². The van der Waals surface area contributed by atoms with Crippen molar-refractivity contribution < 1.29 is 0 Å². The van der Waals surface area contributed by atoms with Gasteiger partial charge in [-0.25, -0.2) is 0 Å². The van der Waals surface area contributed by atoms with Gasteiger partial charge in [-0.2, -0.15) is 0 Å². The van der Waals surface area contributed by atoms with Crippen LogP contribution in [0, 0.1) is 37.5 Å². The van der Waals surface area contributed by atoms with Gasteiger partial charge in [-0.05, 0) is 86.5 Å². The molecule has 2 unspecified atom stereocenters. The first-order chi connectivity index (χ1) is 15.6. The van der Waals surface area contributed by atoms with E-state index in [1.165, 1.54) is 74.0 Å². The minimum absolute atomic E-state index is 0.263. The molecule has 0 amide bonds. The molecular weight excluding hydrogens is 436 g/mol. The molecule has 2 heteroatoms. The molecule has 0 radical (unpaired) electrons. The summed E-state index contributed by atoms with van der Waals surface area (Å²) in [6, 6.07) is 5.13. The largest absolute Gasteiger partial charge is 0.139 e. The van der Waals surface area contributed by atoms with Crippen LogP contribution in [0.3, 0.4) is 0 Å². The Morgan fingerprint density at radius 3 is 1.36 bits per heavy atom. The normalized spacial score (nSPS) is 16.4. The summed E-state index contributed by atoms with van der Waals surface area (Å²) in [7, 11) is 0. The zero-order valence-electron chi connectivity index (χ0n) is 22.9. The molecule has 2 aromatic heterocycles. The van der Waals surface area contributed by atoms with Crippen LogP contribution in [0.1, 0.15) is 127 Å². The fraction of sp³-hybridized carbons (Fsp3) is 0.742. The summed E-state index contributed by atoms with van der Waals surface area (Å²) in [4.78, 5) is 6.22. The van der Waals surface area contributed by atoms with Gasteiger partial charge < -0.3 is 0 Å². The highest BCUT2D eigenvalue weighted by molar-refractivity contribution is 7.22. The lowest BCUT2D eigenvalue weighted by Gasteiger charge is -2.33. The van der Waals surface area contributed by atoms with Crippen LogP contribution >= 0.6 is 22.7 Å². The average molecular weight is 487 g/mol. The summed E-state index contributed by atoms with van der Waals surface area (Å²) < 4.78 is 0. The molecule has 186 valence electrons. The van der Waals surface area contributed by atoms with Crippen LogP contribution in [0.5, 0.6) is 0 Å². The van der Waals surface area contributed by atoms with Gasteiger partial charge >= 0.3 is 0 Å². The van der Waals surface area contributed by atoms with Crippen molar-refractivity contribution in [2.45, 2.75) is 125 Å². The third kappa shape index (κ3) is 6.75. The predicted octanol–water partition coefficient (Wildman–Crippen LogP) is 11.2. The highest BCUT2D eigenvalue weighted by Gasteiger charge is 2.45. The van der Waals surface area contributed by atoms with Crippen molar-refractivity contribution in [3.63, 3.8) is 0 Å². The molecule has 0 saturated heterocycles. The molecule has 0 spiro atoms. The molecule has 0 bridgehead atoms. The Balaban J connectivity index is 1.78. The van der Waals surface area contributed by atoms with E-state index in [2.05, 4.69) is 67.5 Å². The van der Waals surface area contributed by atoms with E-state index < -0.39 is 0 Å². The summed E-state index contributed by atoms with van der Waals surface area (Å²) >= 11 is 4.10. The summed E-state index contributed by atoms with van der Waals surface area (Å²) in [6.07, 6.45) is 13.7. The summed E-state index contributed by atoms with van der Waals surface area (Å²) in [5.74, 6) is 3.33. The SMILES string of the molecule is Cc1cc2c(s1)-c1sc(C)cc1C2(CCC(C)CCCC(C)C)CCC(C)CCCC(C)C. The molecule has 0 nitrogen and oxygen atoms in total. The fourth-order valence-electron chi connectivity index (χ4n) is 5.91. The zero-order valence-corrected chi connectivity index (χ0v) is 24.5. The highest BCUT2D eigenvalue weighted by Crippen LogP contribution is 2.59. The number of hydrogen-bond acceptors (Lipinski definition) is 2. The van der Waals surface area contributed by atoms with E-state index >= 15 is 0 Å². The van der Waals surface area contributed by atoms with Gasteiger partial charge in [-0.3, -0.25) is 0 Å². The van der Waals surface area contributed by atoms with E-state index in [0.29, 0.717) is 0 Å².